The molecule has 0 bridgehead atoms. The van der Waals surface area contributed by atoms with Crippen LogP contribution in [0.25, 0.3) is 0 Å². The maximum Gasteiger partial charge on any atom is 0.215 e. The Morgan fingerprint density at radius 2 is 1.69 bits per heavy atom. The van der Waals surface area contributed by atoms with Gasteiger partial charge in [-0.3, -0.25) is 0 Å². The summed E-state index contributed by atoms with van der Waals surface area (Å²) < 4.78 is -1.54. The molecule has 0 aromatic rings. The minimum absolute atomic E-state index is 0.388. The lowest BCUT2D eigenvalue weighted by Gasteiger charge is -2.18. The maximum absolute atomic E-state index is 9.13. The predicted molar refractivity (Wildman–Crippen MR) is 59.1 cm³/mol. The topological polar surface area (TPSA) is 20.2 Å². The smallest absolute Gasteiger partial charge is 0.215 e. The third kappa shape index (κ3) is 10.5. The van der Waals surface area contributed by atoms with Crippen molar-refractivity contribution in [2.24, 2.45) is 11.8 Å². The van der Waals surface area contributed by atoms with Crippen molar-refractivity contribution in [1.82, 2.24) is 0 Å². The third-order valence-corrected chi connectivity index (χ3v) is 2.38. The van der Waals surface area contributed by atoms with E-state index in [2.05, 4.69) is 20.8 Å². The van der Waals surface area contributed by atoms with Crippen molar-refractivity contribution < 1.29 is 5.11 Å². The molecule has 3 heteroatoms. The number of aliphatic hydroxyl groups is 1. The molecular formula is C10H20Cl2O. The highest BCUT2D eigenvalue weighted by atomic mass is 35.5. The molecule has 1 unspecified atom stereocenters. The van der Waals surface area contributed by atoms with E-state index in [9.17, 15) is 0 Å². The molecule has 0 aromatic carbocycles. The number of halogens is 2. The first-order chi connectivity index (χ1) is 5.81. The van der Waals surface area contributed by atoms with E-state index in [0.717, 1.165) is 12.3 Å². The van der Waals surface area contributed by atoms with Crippen molar-refractivity contribution in [1.29, 1.82) is 0 Å². The molecular weight excluding hydrogens is 207 g/mol. The molecule has 0 saturated carbocycles. The summed E-state index contributed by atoms with van der Waals surface area (Å²) in [6.45, 7) is 6.49. The molecule has 0 aromatic heterocycles. The van der Waals surface area contributed by atoms with Gasteiger partial charge in [-0.25, -0.2) is 0 Å². The Balaban J connectivity index is 3.46. The van der Waals surface area contributed by atoms with Crippen molar-refractivity contribution in [2.45, 2.75) is 51.0 Å². The standard InChI is InChI=1S/C10H20Cl2O/c1-8(2)5-4-6-9(3)7-10(11,12)13/h8-9,13H,4-7H2,1-3H3. The van der Waals surface area contributed by atoms with E-state index < -0.39 is 4.52 Å². The zero-order valence-corrected chi connectivity index (χ0v) is 10.2. The fourth-order valence-corrected chi connectivity index (χ4v) is 1.92. The Morgan fingerprint density at radius 3 is 2.08 bits per heavy atom. The van der Waals surface area contributed by atoms with E-state index in [1.165, 1.54) is 12.8 Å². The predicted octanol–water partition coefficient (Wildman–Crippen LogP) is 3.96. The second-order valence-corrected chi connectivity index (χ2v) is 5.74. The lowest BCUT2D eigenvalue weighted by Crippen LogP contribution is -2.15. The molecule has 0 aliphatic heterocycles. The lowest BCUT2D eigenvalue weighted by molar-refractivity contribution is 0.178. The fraction of sp³-hybridized carbons (Fsp3) is 1.00. The molecule has 1 nitrogen and oxygen atoms in total. The van der Waals surface area contributed by atoms with Crippen LogP contribution in [0.15, 0.2) is 0 Å². The fourth-order valence-electron chi connectivity index (χ4n) is 1.40. The van der Waals surface area contributed by atoms with Gasteiger partial charge in [0.2, 0.25) is 4.52 Å². The molecule has 0 fully saturated rings. The summed E-state index contributed by atoms with van der Waals surface area (Å²) in [7, 11) is 0. The molecule has 80 valence electrons. The summed E-state index contributed by atoms with van der Waals surface area (Å²) in [5.41, 5.74) is 0. The number of rotatable bonds is 6. The SMILES string of the molecule is CC(C)CCCC(C)CC(O)(Cl)Cl. The van der Waals surface area contributed by atoms with Crippen LogP contribution in [0.2, 0.25) is 0 Å². The Hall–Kier alpha value is 0.540. The first kappa shape index (κ1) is 13.5. The molecule has 13 heavy (non-hydrogen) atoms. The Morgan fingerprint density at radius 1 is 1.15 bits per heavy atom. The molecule has 0 heterocycles. The van der Waals surface area contributed by atoms with Crippen molar-refractivity contribution >= 4 is 23.2 Å². The zero-order valence-electron chi connectivity index (χ0n) is 8.69. The van der Waals surface area contributed by atoms with Crippen LogP contribution >= 0.6 is 23.2 Å². The van der Waals surface area contributed by atoms with Gasteiger partial charge in [0.1, 0.15) is 0 Å². The summed E-state index contributed by atoms with van der Waals surface area (Å²) in [6.07, 6.45) is 3.95. The second-order valence-electron chi connectivity index (χ2n) is 4.30. The molecule has 0 amide bonds. The summed E-state index contributed by atoms with van der Waals surface area (Å²) >= 11 is 11.0. The largest absolute Gasteiger partial charge is 0.363 e. The monoisotopic (exact) mass is 226 g/mol. The van der Waals surface area contributed by atoms with Gasteiger partial charge >= 0.3 is 0 Å². The lowest BCUT2D eigenvalue weighted by atomic mass is 9.97. The number of hydrogen-bond donors (Lipinski definition) is 1. The van der Waals surface area contributed by atoms with E-state index in [-0.39, 0.29) is 0 Å². The number of alkyl halides is 2. The van der Waals surface area contributed by atoms with Crippen LogP contribution in [-0.2, 0) is 0 Å². The molecule has 0 aliphatic carbocycles. The molecule has 0 radical (unpaired) electrons. The summed E-state index contributed by atoms with van der Waals surface area (Å²) in [5.74, 6) is 1.14. The van der Waals surface area contributed by atoms with Crippen LogP contribution in [0.3, 0.4) is 0 Å². The van der Waals surface area contributed by atoms with Crippen molar-refractivity contribution in [3.63, 3.8) is 0 Å². The molecule has 0 aliphatic rings. The van der Waals surface area contributed by atoms with E-state index in [1.807, 2.05) is 0 Å². The molecule has 1 atom stereocenters. The van der Waals surface area contributed by atoms with Crippen molar-refractivity contribution in [3.8, 4) is 0 Å². The van der Waals surface area contributed by atoms with Gasteiger partial charge in [-0.1, -0.05) is 63.2 Å². The van der Waals surface area contributed by atoms with Gasteiger partial charge in [0.05, 0.1) is 0 Å². The van der Waals surface area contributed by atoms with Gasteiger partial charge in [0.15, 0.2) is 0 Å². The van der Waals surface area contributed by atoms with Crippen LogP contribution in [0.5, 0.6) is 0 Å². The van der Waals surface area contributed by atoms with Gasteiger partial charge in [0, 0.05) is 6.42 Å². The highest BCUT2D eigenvalue weighted by molar-refractivity contribution is 6.46. The van der Waals surface area contributed by atoms with Crippen LogP contribution in [-0.4, -0.2) is 9.63 Å². The van der Waals surface area contributed by atoms with Gasteiger partial charge in [0.25, 0.3) is 0 Å². The van der Waals surface area contributed by atoms with E-state index in [4.69, 9.17) is 28.3 Å². The van der Waals surface area contributed by atoms with Gasteiger partial charge in [-0.15, -0.1) is 0 Å². The van der Waals surface area contributed by atoms with Gasteiger partial charge in [-0.2, -0.15) is 0 Å². The van der Waals surface area contributed by atoms with Crippen molar-refractivity contribution in [3.05, 3.63) is 0 Å². The molecule has 1 N–H and O–H groups in total. The summed E-state index contributed by atoms with van der Waals surface area (Å²) in [4.78, 5) is 0. The van der Waals surface area contributed by atoms with Crippen LogP contribution in [0, 0.1) is 11.8 Å². The van der Waals surface area contributed by atoms with E-state index in [0.29, 0.717) is 12.3 Å². The quantitative estimate of drug-likeness (QED) is 0.681. The molecule has 0 saturated heterocycles. The first-order valence-electron chi connectivity index (χ1n) is 4.91. The average molecular weight is 227 g/mol. The van der Waals surface area contributed by atoms with E-state index in [1.54, 1.807) is 0 Å². The summed E-state index contributed by atoms with van der Waals surface area (Å²) in [6, 6.07) is 0. The molecule has 0 rings (SSSR count). The second kappa shape index (κ2) is 6.10. The minimum Gasteiger partial charge on any atom is -0.363 e. The highest BCUT2D eigenvalue weighted by Gasteiger charge is 2.22. The van der Waals surface area contributed by atoms with Gasteiger partial charge < -0.3 is 5.11 Å². The summed E-state index contributed by atoms with van der Waals surface area (Å²) in [5, 5.41) is 9.13. The Labute approximate surface area is 91.4 Å². The average Bonchev–Trinajstić information content (AvgIpc) is 1.81. The number of hydrogen-bond acceptors (Lipinski definition) is 1. The normalized spacial score (nSPS) is 15.0. The zero-order chi connectivity index (χ0) is 10.5. The maximum atomic E-state index is 9.13. The minimum atomic E-state index is -1.54. The van der Waals surface area contributed by atoms with Crippen molar-refractivity contribution in [2.75, 3.05) is 0 Å². The van der Waals surface area contributed by atoms with Crippen LogP contribution < -0.4 is 0 Å². The first-order valence-corrected chi connectivity index (χ1v) is 5.67. The Kier molecular flexibility index (Phi) is 6.36. The third-order valence-electron chi connectivity index (χ3n) is 2.07. The molecule has 0 spiro atoms. The highest BCUT2D eigenvalue weighted by Crippen LogP contribution is 2.28. The van der Waals surface area contributed by atoms with Gasteiger partial charge in [-0.05, 0) is 11.8 Å². The van der Waals surface area contributed by atoms with Crippen LogP contribution in [0.1, 0.15) is 46.5 Å². The Bertz CT molecular complexity index is 129. The van der Waals surface area contributed by atoms with Crippen LogP contribution in [0.4, 0.5) is 0 Å². The van der Waals surface area contributed by atoms with E-state index >= 15 is 0 Å².